The monoisotopic (exact) mass is 449 g/mol. The van der Waals surface area contributed by atoms with E-state index >= 15 is 0 Å². The Morgan fingerprint density at radius 2 is 1.82 bits per heavy atom. The molecule has 1 aliphatic heterocycles. The number of ketones is 2. The van der Waals surface area contributed by atoms with Gasteiger partial charge in [0.1, 0.15) is 11.6 Å². The fourth-order valence-electron chi connectivity index (χ4n) is 4.66. The highest BCUT2D eigenvalue weighted by Gasteiger charge is 2.44. The number of fused-ring (bicyclic) bond motifs is 2. The summed E-state index contributed by atoms with van der Waals surface area (Å²) in [4.78, 5) is 40.5. The maximum absolute atomic E-state index is 13.7. The van der Waals surface area contributed by atoms with E-state index in [9.17, 15) is 19.6 Å². The molecular formula is C27H19N3O4. The highest BCUT2D eigenvalue weighted by molar-refractivity contribution is 6.27. The molecule has 2 heterocycles. The molecule has 7 heteroatoms. The molecule has 1 atom stereocenters. The van der Waals surface area contributed by atoms with E-state index in [1.807, 2.05) is 31.2 Å². The summed E-state index contributed by atoms with van der Waals surface area (Å²) in [6.07, 6.45) is 1.60. The van der Waals surface area contributed by atoms with Gasteiger partial charge in [-0.3, -0.25) is 14.4 Å². The van der Waals surface area contributed by atoms with Crippen LogP contribution >= 0.6 is 0 Å². The highest BCUT2D eigenvalue weighted by atomic mass is 16.5. The number of aromatic nitrogens is 1. The molecule has 0 spiro atoms. The highest BCUT2D eigenvalue weighted by Crippen LogP contribution is 2.43. The van der Waals surface area contributed by atoms with Crippen molar-refractivity contribution in [1.29, 1.82) is 5.26 Å². The molecule has 166 valence electrons. The first-order valence-electron chi connectivity index (χ1n) is 10.6. The Morgan fingerprint density at radius 1 is 1.12 bits per heavy atom. The Morgan fingerprint density at radius 3 is 2.50 bits per heavy atom. The van der Waals surface area contributed by atoms with Gasteiger partial charge in [-0.15, -0.1) is 6.58 Å². The Bertz CT molecular complexity index is 1620. The van der Waals surface area contributed by atoms with E-state index in [0.29, 0.717) is 5.52 Å². The fraction of sp³-hybridized carbons (Fsp3) is 0.111. The van der Waals surface area contributed by atoms with Gasteiger partial charge in [0, 0.05) is 23.2 Å². The standard InChI is InChI=1S/C27H19N3O4/c1-3-10-30-20-9-8-14(2)11-15(20)12-18(27(30)33)21-19(13-28)26(29)34-25-22(21)23(31)16-6-4-5-7-17(16)24(25)32/h3-9,11-12,21H,1,10,29H2,2H3. The molecule has 2 N–H and O–H groups in total. The second-order valence-corrected chi connectivity index (χ2v) is 8.24. The number of Topliss-reactive ketones (excluding diaryl/α,β-unsaturated/α-hetero) is 2. The van der Waals surface area contributed by atoms with E-state index in [-0.39, 0.29) is 46.0 Å². The van der Waals surface area contributed by atoms with Gasteiger partial charge in [-0.2, -0.15) is 5.26 Å². The van der Waals surface area contributed by atoms with E-state index in [1.165, 1.54) is 10.6 Å². The van der Waals surface area contributed by atoms with Crippen molar-refractivity contribution in [3.63, 3.8) is 0 Å². The summed E-state index contributed by atoms with van der Waals surface area (Å²) in [5.41, 5.74) is 7.71. The zero-order chi connectivity index (χ0) is 24.1. The SMILES string of the molecule is C=CCn1c(=O)c(C2C(C#N)=C(N)OC3=C2C(=O)c2ccccc2C3=O)cc2cc(C)ccc21. The average Bonchev–Trinajstić information content (AvgIpc) is 2.83. The summed E-state index contributed by atoms with van der Waals surface area (Å²) in [6.45, 7) is 5.90. The van der Waals surface area contributed by atoms with Crippen molar-refractivity contribution >= 4 is 22.5 Å². The van der Waals surface area contributed by atoms with Crippen LogP contribution in [0.15, 0.2) is 88.8 Å². The lowest BCUT2D eigenvalue weighted by Crippen LogP contribution is -2.35. The predicted octanol–water partition coefficient (Wildman–Crippen LogP) is 3.64. The van der Waals surface area contributed by atoms with Gasteiger partial charge >= 0.3 is 0 Å². The molecule has 1 aliphatic carbocycles. The number of hydrogen-bond acceptors (Lipinski definition) is 6. The third-order valence-corrected chi connectivity index (χ3v) is 6.19. The molecule has 0 saturated carbocycles. The molecule has 0 fully saturated rings. The van der Waals surface area contributed by atoms with Crippen LogP contribution in [0.4, 0.5) is 0 Å². The fourth-order valence-corrected chi connectivity index (χ4v) is 4.66. The zero-order valence-electron chi connectivity index (χ0n) is 18.3. The lowest BCUT2D eigenvalue weighted by molar-refractivity contribution is 0.0897. The van der Waals surface area contributed by atoms with E-state index in [2.05, 4.69) is 6.58 Å². The van der Waals surface area contributed by atoms with Gasteiger partial charge in [0.25, 0.3) is 5.56 Å². The number of nitriles is 1. The van der Waals surface area contributed by atoms with Crippen LogP contribution < -0.4 is 11.3 Å². The van der Waals surface area contributed by atoms with Crippen molar-refractivity contribution in [2.24, 2.45) is 5.73 Å². The van der Waals surface area contributed by atoms with Crippen molar-refractivity contribution in [1.82, 2.24) is 4.57 Å². The second-order valence-electron chi connectivity index (χ2n) is 8.24. The van der Waals surface area contributed by atoms with Crippen molar-refractivity contribution in [3.8, 4) is 6.07 Å². The Kier molecular flexibility index (Phi) is 4.80. The molecule has 7 nitrogen and oxygen atoms in total. The third-order valence-electron chi connectivity index (χ3n) is 6.19. The lowest BCUT2D eigenvalue weighted by Gasteiger charge is -2.31. The number of rotatable bonds is 3. The number of pyridine rings is 1. The number of nitrogens with two attached hydrogens (primary N) is 1. The largest absolute Gasteiger partial charge is 0.436 e. The van der Waals surface area contributed by atoms with Crippen molar-refractivity contribution in [2.45, 2.75) is 19.4 Å². The first-order chi connectivity index (χ1) is 16.4. The van der Waals surface area contributed by atoms with E-state index in [0.717, 1.165) is 10.9 Å². The average molecular weight is 449 g/mol. The molecular weight excluding hydrogens is 430 g/mol. The summed E-state index contributed by atoms with van der Waals surface area (Å²) in [5, 5.41) is 10.7. The van der Waals surface area contributed by atoms with Crippen molar-refractivity contribution in [2.75, 3.05) is 0 Å². The van der Waals surface area contributed by atoms with Crippen molar-refractivity contribution < 1.29 is 14.3 Å². The van der Waals surface area contributed by atoms with Crippen LogP contribution in [0.5, 0.6) is 0 Å². The predicted molar refractivity (Wildman–Crippen MR) is 126 cm³/mol. The zero-order valence-corrected chi connectivity index (χ0v) is 18.3. The number of ether oxygens (including phenoxy) is 1. The number of carbonyl (C=O) groups excluding carboxylic acids is 2. The van der Waals surface area contributed by atoms with Crippen LogP contribution in [-0.2, 0) is 11.3 Å². The van der Waals surface area contributed by atoms with Gasteiger partial charge in [-0.05, 0) is 30.5 Å². The molecule has 0 saturated heterocycles. The van der Waals surface area contributed by atoms with Gasteiger partial charge in [-0.1, -0.05) is 42.0 Å². The minimum absolute atomic E-state index is 0.0521. The van der Waals surface area contributed by atoms with Crippen LogP contribution in [0.2, 0.25) is 0 Å². The maximum atomic E-state index is 13.7. The minimum atomic E-state index is -1.15. The van der Waals surface area contributed by atoms with Gasteiger partial charge in [0.15, 0.2) is 11.5 Å². The van der Waals surface area contributed by atoms with Crippen LogP contribution in [0.3, 0.4) is 0 Å². The Balaban J connectivity index is 1.86. The summed E-state index contributed by atoms with van der Waals surface area (Å²) >= 11 is 0. The maximum Gasteiger partial charge on any atom is 0.255 e. The van der Waals surface area contributed by atoms with Crippen LogP contribution in [-0.4, -0.2) is 16.1 Å². The molecule has 3 aromatic rings. The van der Waals surface area contributed by atoms with Crippen LogP contribution in [0, 0.1) is 18.3 Å². The van der Waals surface area contributed by atoms with Gasteiger partial charge < -0.3 is 15.0 Å². The van der Waals surface area contributed by atoms with Gasteiger partial charge in [0.2, 0.25) is 11.7 Å². The normalized spacial score (nSPS) is 17.2. The van der Waals surface area contributed by atoms with Crippen LogP contribution in [0.25, 0.3) is 10.9 Å². The van der Waals surface area contributed by atoms with E-state index in [4.69, 9.17) is 10.5 Å². The molecule has 2 aromatic carbocycles. The topological polar surface area (TPSA) is 115 Å². The molecule has 0 bridgehead atoms. The number of allylic oxidation sites excluding steroid dienone is 4. The number of hydrogen-bond donors (Lipinski definition) is 1. The smallest absolute Gasteiger partial charge is 0.255 e. The second kappa shape index (κ2) is 7.71. The Hall–Kier alpha value is -4.70. The van der Waals surface area contributed by atoms with Gasteiger partial charge in [0.05, 0.1) is 17.0 Å². The summed E-state index contributed by atoms with van der Waals surface area (Å²) in [6, 6.07) is 15.7. The van der Waals surface area contributed by atoms with Crippen LogP contribution in [0.1, 0.15) is 37.8 Å². The van der Waals surface area contributed by atoms with E-state index < -0.39 is 23.0 Å². The first kappa shape index (κ1) is 21.2. The molecule has 2 aliphatic rings. The number of aryl methyl sites for hydroxylation is 1. The molecule has 1 aromatic heterocycles. The molecule has 34 heavy (non-hydrogen) atoms. The van der Waals surface area contributed by atoms with Gasteiger partial charge in [-0.25, -0.2) is 0 Å². The molecule has 0 radical (unpaired) electrons. The number of carbonyl (C=O) groups is 2. The summed E-state index contributed by atoms with van der Waals surface area (Å²) < 4.78 is 7.06. The molecule has 0 amide bonds. The molecule has 5 rings (SSSR count). The Labute approximate surface area is 194 Å². The summed E-state index contributed by atoms with van der Waals surface area (Å²) in [7, 11) is 0. The third kappa shape index (κ3) is 2.93. The lowest BCUT2D eigenvalue weighted by atomic mass is 9.75. The summed E-state index contributed by atoms with van der Waals surface area (Å²) in [5.74, 6) is -2.69. The first-order valence-corrected chi connectivity index (χ1v) is 10.6. The molecule has 1 unspecified atom stereocenters. The number of nitrogens with zero attached hydrogens (tertiary/aromatic N) is 2. The van der Waals surface area contributed by atoms with Crippen molar-refractivity contribution in [3.05, 3.63) is 117 Å². The minimum Gasteiger partial charge on any atom is -0.436 e. The quantitative estimate of drug-likeness (QED) is 0.611. The number of benzene rings is 2. The van der Waals surface area contributed by atoms with E-state index in [1.54, 1.807) is 30.3 Å².